The summed E-state index contributed by atoms with van der Waals surface area (Å²) in [5.74, 6) is -0.417. The lowest BCUT2D eigenvalue weighted by Gasteiger charge is -2.11. The fourth-order valence-electron chi connectivity index (χ4n) is 2.19. The van der Waals surface area contributed by atoms with Crippen LogP contribution in [0.15, 0.2) is 16.9 Å². The van der Waals surface area contributed by atoms with Crippen molar-refractivity contribution in [1.82, 2.24) is 14.5 Å². The van der Waals surface area contributed by atoms with Crippen LogP contribution >= 0.6 is 0 Å². The molecule has 0 aliphatic rings. The molecule has 9 nitrogen and oxygen atoms in total. The molecule has 0 N–H and O–H groups in total. The number of aromatic nitrogens is 3. The number of halogens is 1. The minimum absolute atomic E-state index is 0.000846. The van der Waals surface area contributed by atoms with E-state index >= 15 is 0 Å². The lowest BCUT2D eigenvalue weighted by Crippen LogP contribution is -2.28. The van der Waals surface area contributed by atoms with E-state index in [-0.39, 0.29) is 36.0 Å². The Morgan fingerprint density at radius 3 is 2.58 bits per heavy atom. The van der Waals surface area contributed by atoms with E-state index < -0.39 is 11.5 Å². The third-order valence-electron chi connectivity index (χ3n) is 3.39. The standard InChI is InChI=1S/C16H19FN4O5/c1-11-19-20(16(22)21(11)24-3)14-9-15(12(10-18)8-13(14)17)26-7-6-25-5-4-23-2/h8-9H,4-7H2,1-3H3. The van der Waals surface area contributed by atoms with Gasteiger partial charge in [-0.25, -0.2) is 9.18 Å². The highest BCUT2D eigenvalue weighted by atomic mass is 19.1. The highest BCUT2D eigenvalue weighted by Gasteiger charge is 2.18. The molecule has 0 amide bonds. The number of nitrogens with zero attached hydrogens (tertiary/aromatic N) is 4. The van der Waals surface area contributed by atoms with Gasteiger partial charge in [-0.05, 0) is 13.0 Å². The monoisotopic (exact) mass is 366 g/mol. The third kappa shape index (κ3) is 4.19. The smallest absolute Gasteiger partial charge is 0.384 e. The van der Waals surface area contributed by atoms with Crippen molar-refractivity contribution in [2.75, 3.05) is 40.6 Å². The van der Waals surface area contributed by atoms with Crippen molar-refractivity contribution >= 4 is 0 Å². The molecule has 0 atom stereocenters. The van der Waals surface area contributed by atoms with Crippen molar-refractivity contribution in [2.24, 2.45) is 0 Å². The Balaban J connectivity index is 2.26. The molecule has 1 aromatic heterocycles. The number of hydrogen-bond acceptors (Lipinski definition) is 7. The topological polar surface area (TPSA) is 101 Å². The van der Waals surface area contributed by atoms with Gasteiger partial charge in [-0.3, -0.25) is 0 Å². The van der Waals surface area contributed by atoms with Gasteiger partial charge in [0.25, 0.3) is 0 Å². The number of hydrogen-bond donors (Lipinski definition) is 0. The van der Waals surface area contributed by atoms with Crippen LogP contribution in [0.4, 0.5) is 4.39 Å². The molecule has 2 aromatic rings. The van der Waals surface area contributed by atoms with Crippen LogP contribution in [-0.4, -0.2) is 55.2 Å². The molecule has 10 heteroatoms. The molecule has 26 heavy (non-hydrogen) atoms. The first kappa shape index (κ1) is 19.4. The largest absolute Gasteiger partial charge is 0.490 e. The Hall–Kier alpha value is -2.90. The first-order valence-corrected chi connectivity index (χ1v) is 7.70. The minimum atomic E-state index is -0.784. The third-order valence-corrected chi connectivity index (χ3v) is 3.39. The summed E-state index contributed by atoms with van der Waals surface area (Å²) in [6, 6.07) is 4.09. The van der Waals surface area contributed by atoms with Crippen LogP contribution in [0.25, 0.3) is 5.69 Å². The second kappa shape index (κ2) is 8.98. The van der Waals surface area contributed by atoms with Crippen molar-refractivity contribution in [3.63, 3.8) is 0 Å². The van der Waals surface area contributed by atoms with Crippen molar-refractivity contribution in [2.45, 2.75) is 6.92 Å². The van der Waals surface area contributed by atoms with E-state index in [1.807, 2.05) is 6.07 Å². The van der Waals surface area contributed by atoms with Gasteiger partial charge in [0.1, 0.15) is 31.2 Å². The van der Waals surface area contributed by atoms with E-state index in [1.54, 1.807) is 7.11 Å². The first-order valence-electron chi connectivity index (χ1n) is 7.70. The normalized spacial score (nSPS) is 10.6. The van der Waals surface area contributed by atoms with Crippen LogP contribution in [0.3, 0.4) is 0 Å². The molecule has 0 bridgehead atoms. The van der Waals surface area contributed by atoms with Gasteiger partial charge < -0.3 is 19.0 Å². The van der Waals surface area contributed by atoms with Gasteiger partial charge in [0.2, 0.25) is 0 Å². The second-order valence-corrected chi connectivity index (χ2v) is 5.08. The van der Waals surface area contributed by atoms with E-state index in [0.29, 0.717) is 13.2 Å². The fourth-order valence-corrected chi connectivity index (χ4v) is 2.19. The summed E-state index contributed by atoms with van der Waals surface area (Å²) in [6.07, 6.45) is 0. The number of aryl methyl sites for hydroxylation is 1. The molecule has 140 valence electrons. The van der Waals surface area contributed by atoms with Gasteiger partial charge in [-0.2, -0.15) is 9.94 Å². The van der Waals surface area contributed by atoms with E-state index in [4.69, 9.17) is 24.3 Å². The summed E-state index contributed by atoms with van der Waals surface area (Å²) in [7, 11) is 2.86. The summed E-state index contributed by atoms with van der Waals surface area (Å²) in [5.41, 5.74) is -0.829. The molecule has 0 aliphatic heterocycles. The summed E-state index contributed by atoms with van der Waals surface area (Å²) in [4.78, 5) is 17.1. The van der Waals surface area contributed by atoms with Gasteiger partial charge >= 0.3 is 5.69 Å². The molecule has 1 aromatic carbocycles. The maximum absolute atomic E-state index is 14.4. The fraction of sp³-hybridized carbons (Fsp3) is 0.438. The Morgan fingerprint density at radius 2 is 1.96 bits per heavy atom. The summed E-state index contributed by atoms with van der Waals surface area (Å²) < 4.78 is 31.7. The zero-order valence-corrected chi connectivity index (χ0v) is 14.7. The summed E-state index contributed by atoms with van der Waals surface area (Å²) in [6.45, 7) is 2.80. The van der Waals surface area contributed by atoms with Gasteiger partial charge in [-0.15, -0.1) is 9.83 Å². The van der Waals surface area contributed by atoms with Crippen LogP contribution in [0, 0.1) is 24.1 Å². The highest BCUT2D eigenvalue weighted by Crippen LogP contribution is 2.24. The maximum atomic E-state index is 14.4. The second-order valence-electron chi connectivity index (χ2n) is 5.08. The molecule has 2 rings (SSSR count). The lowest BCUT2D eigenvalue weighted by atomic mass is 10.2. The van der Waals surface area contributed by atoms with Crippen LogP contribution < -0.4 is 15.3 Å². The van der Waals surface area contributed by atoms with Crippen LogP contribution in [0.2, 0.25) is 0 Å². The minimum Gasteiger partial charge on any atom is -0.490 e. The lowest BCUT2D eigenvalue weighted by molar-refractivity contribution is 0.0543. The Bertz CT molecular complexity index is 856. The molecule has 0 unspecified atom stereocenters. The molecule has 1 heterocycles. The van der Waals surface area contributed by atoms with Gasteiger partial charge in [0.15, 0.2) is 11.6 Å². The predicted octanol–water partition coefficient (Wildman–Crippen LogP) is 0.453. The molecule has 0 saturated carbocycles. The van der Waals surface area contributed by atoms with E-state index in [1.165, 1.54) is 20.1 Å². The quantitative estimate of drug-likeness (QED) is 0.594. The number of benzene rings is 1. The zero-order chi connectivity index (χ0) is 19.1. The van der Waals surface area contributed by atoms with Crippen molar-refractivity contribution in [3.05, 3.63) is 39.8 Å². The number of nitriles is 1. The average Bonchev–Trinajstić information content (AvgIpc) is 2.92. The number of rotatable bonds is 9. The molecular weight excluding hydrogens is 347 g/mol. The number of methoxy groups -OCH3 is 1. The van der Waals surface area contributed by atoms with Crippen LogP contribution in [0.1, 0.15) is 11.4 Å². The van der Waals surface area contributed by atoms with Gasteiger partial charge in [0.05, 0.1) is 25.4 Å². The van der Waals surface area contributed by atoms with E-state index in [2.05, 4.69) is 5.10 Å². The van der Waals surface area contributed by atoms with Gasteiger partial charge in [0, 0.05) is 13.2 Å². The van der Waals surface area contributed by atoms with Crippen molar-refractivity contribution in [3.8, 4) is 17.5 Å². The maximum Gasteiger partial charge on any atom is 0.384 e. The molecule has 0 aliphatic carbocycles. The first-order chi connectivity index (χ1) is 12.5. The van der Waals surface area contributed by atoms with Crippen molar-refractivity contribution < 1.29 is 23.4 Å². The zero-order valence-electron chi connectivity index (χ0n) is 14.7. The van der Waals surface area contributed by atoms with Crippen LogP contribution in [0.5, 0.6) is 5.75 Å². The van der Waals surface area contributed by atoms with E-state index in [0.717, 1.165) is 15.5 Å². The highest BCUT2D eigenvalue weighted by molar-refractivity contribution is 5.50. The summed E-state index contributed by atoms with van der Waals surface area (Å²) in [5, 5.41) is 13.1. The Labute approximate surface area is 149 Å². The molecule has 0 fully saturated rings. The molecular formula is C16H19FN4O5. The average molecular weight is 366 g/mol. The molecule has 0 radical (unpaired) electrons. The Morgan fingerprint density at radius 1 is 1.23 bits per heavy atom. The molecule has 0 spiro atoms. The summed E-state index contributed by atoms with van der Waals surface area (Å²) >= 11 is 0. The number of ether oxygens (including phenoxy) is 3. The van der Waals surface area contributed by atoms with Crippen molar-refractivity contribution in [1.29, 1.82) is 5.26 Å². The Kier molecular flexibility index (Phi) is 6.71. The van der Waals surface area contributed by atoms with Gasteiger partial charge in [-0.1, -0.05) is 0 Å². The predicted molar refractivity (Wildman–Crippen MR) is 87.9 cm³/mol. The van der Waals surface area contributed by atoms with E-state index in [9.17, 15) is 9.18 Å². The van der Waals surface area contributed by atoms with Crippen LogP contribution in [-0.2, 0) is 9.47 Å². The molecule has 0 saturated heterocycles. The SMILES string of the molecule is COCCOCCOc1cc(-n2nc(C)n(OC)c2=O)c(F)cc1C#N.